The summed E-state index contributed by atoms with van der Waals surface area (Å²) in [5.74, 6) is 1.70. The number of para-hydroxylation sites is 1. The normalized spacial score (nSPS) is 16.3. The van der Waals surface area contributed by atoms with Crippen molar-refractivity contribution in [2.45, 2.75) is 25.4 Å². The average molecular weight is 426 g/mol. The minimum atomic E-state index is -0.338. The standard InChI is InChI=1S/C28H27NO3/c1-21-7-5-6-10-25(21)31-20-27(30)29-17-15-28(16-18-29)14-13-24-19-23(11-12-26(24)32-28)22-8-3-2-4-9-22/h2-14,19H,15-18,20H2,1H3. The van der Waals surface area contributed by atoms with E-state index in [1.54, 1.807) is 0 Å². The number of benzene rings is 3. The van der Waals surface area contributed by atoms with Crippen LogP contribution in [0, 0.1) is 6.92 Å². The molecule has 0 radical (unpaired) electrons. The Labute approximate surface area is 189 Å². The van der Waals surface area contributed by atoms with Gasteiger partial charge in [0.25, 0.3) is 5.91 Å². The van der Waals surface area contributed by atoms with Crippen LogP contribution in [0.5, 0.6) is 11.5 Å². The van der Waals surface area contributed by atoms with Gasteiger partial charge in [-0.15, -0.1) is 0 Å². The van der Waals surface area contributed by atoms with E-state index in [1.165, 1.54) is 11.1 Å². The third kappa shape index (κ3) is 4.13. The van der Waals surface area contributed by atoms with Crippen molar-refractivity contribution in [3.8, 4) is 22.6 Å². The largest absolute Gasteiger partial charge is 0.484 e. The summed E-state index contributed by atoms with van der Waals surface area (Å²) in [4.78, 5) is 14.6. The number of carbonyl (C=O) groups excluding carboxylic acids is 1. The first-order valence-corrected chi connectivity index (χ1v) is 11.2. The Morgan fingerprint density at radius 2 is 1.72 bits per heavy atom. The van der Waals surface area contributed by atoms with Gasteiger partial charge >= 0.3 is 0 Å². The summed E-state index contributed by atoms with van der Waals surface area (Å²) in [6.07, 6.45) is 5.90. The second-order valence-corrected chi connectivity index (χ2v) is 8.55. The highest BCUT2D eigenvalue weighted by Crippen LogP contribution is 2.38. The lowest BCUT2D eigenvalue weighted by molar-refractivity contribution is -0.136. The molecule has 32 heavy (non-hydrogen) atoms. The van der Waals surface area contributed by atoms with Crippen LogP contribution in [0.2, 0.25) is 0 Å². The van der Waals surface area contributed by atoms with Gasteiger partial charge in [0.1, 0.15) is 17.1 Å². The molecule has 4 nitrogen and oxygen atoms in total. The molecule has 3 aromatic rings. The zero-order valence-corrected chi connectivity index (χ0v) is 18.3. The molecule has 2 aliphatic rings. The van der Waals surface area contributed by atoms with Crippen LogP contribution < -0.4 is 9.47 Å². The second kappa shape index (κ2) is 8.54. The monoisotopic (exact) mass is 425 g/mol. The van der Waals surface area contributed by atoms with Crippen molar-refractivity contribution < 1.29 is 14.3 Å². The van der Waals surface area contributed by atoms with E-state index in [0.717, 1.165) is 35.5 Å². The lowest BCUT2D eigenvalue weighted by Gasteiger charge is -2.42. The van der Waals surface area contributed by atoms with Crippen molar-refractivity contribution in [1.82, 2.24) is 4.90 Å². The van der Waals surface area contributed by atoms with Gasteiger partial charge in [0.05, 0.1) is 0 Å². The molecular weight excluding hydrogens is 398 g/mol. The van der Waals surface area contributed by atoms with Crippen LogP contribution in [0.25, 0.3) is 17.2 Å². The van der Waals surface area contributed by atoms with Gasteiger partial charge in [0, 0.05) is 31.5 Å². The number of amides is 1. The zero-order valence-electron chi connectivity index (χ0n) is 18.3. The topological polar surface area (TPSA) is 38.8 Å². The van der Waals surface area contributed by atoms with E-state index < -0.39 is 0 Å². The molecule has 2 aliphatic heterocycles. The number of piperidine rings is 1. The lowest BCUT2D eigenvalue weighted by atomic mass is 9.87. The smallest absolute Gasteiger partial charge is 0.260 e. The fourth-order valence-corrected chi connectivity index (χ4v) is 4.43. The van der Waals surface area contributed by atoms with Gasteiger partial charge in [-0.1, -0.05) is 60.7 Å². The Bertz CT molecular complexity index is 1140. The molecule has 1 amide bonds. The van der Waals surface area contributed by atoms with E-state index in [2.05, 4.69) is 54.6 Å². The predicted molar refractivity (Wildman–Crippen MR) is 127 cm³/mol. The van der Waals surface area contributed by atoms with Crippen LogP contribution in [-0.4, -0.2) is 36.1 Å². The summed E-state index contributed by atoms with van der Waals surface area (Å²) in [6.45, 7) is 3.38. The van der Waals surface area contributed by atoms with Crippen molar-refractivity contribution >= 4 is 12.0 Å². The maximum absolute atomic E-state index is 12.7. The van der Waals surface area contributed by atoms with Crippen LogP contribution >= 0.6 is 0 Å². The molecular formula is C28H27NO3. The minimum Gasteiger partial charge on any atom is -0.484 e. The number of fused-ring (bicyclic) bond motifs is 1. The number of hydrogen-bond donors (Lipinski definition) is 0. The minimum absolute atomic E-state index is 0.0239. The van der Waals surface area contributed by atoms with Crippen LogP contribution in [0.1, 0.15) is 24.0 Å². The molecule has 3 aromatic carbocycles. The molecule has 1 saturated heterocycles. The first kappa shape index (κ1) is 20.4. The first-order valence-electron chi connectivity index (χ1n) is 11.2. The van der Waals surface area contributed by atoms with Crippen LogP contribution in [0.4, 0.5) is 0 Å². The number of nitrogens with zero attached hydrogens (tertiary/aromatic N) is 1. The SMILES string of the molecule is Cc1ccccc1OCC(=O)N1CCC2(C=Cc3cc(-c4ccccc4)ccc3O2)CC1. The molecule has 162 valence electrons. The maximum atomic E-state index is 12.7. The highest BCUT2D eigenvalue weighted by Gasteiger charge is 2.38. The van der Waals surface area contributed by atoms with E-state index in [9.17, 15) is 4.79 Å². The van der Waals surface area contributed by atoms with Crippen molar-refractivity contribution in [2.75, 3.05) is 19.7 Å². The number of carbonyl (C=O) groups is 1. The van der Waals surface area contributed by atoms with Gasteiger partial charge in [-0.3, -0.25) is 4.79 Å². The van der Waals surface area contributed by atoms with Crippen molar-refractivity contribution in [2.24, 2.45) is 0 Å². The zero-order chi connectivity index (χ0) is 22.0. The Morgan fingerprint density at radius 1 is 0.969 bits per heavy atom. The van der Waals surface area contributed by atoms with Gasteiger partial charge < -0.3 is 14.4 Å². The second-order valence-electron chi connectivity index (χ2n) is 8.55. The van der Waals surface area contributed by atoms with E-state index in [1.807, 2.05) is 42.2 Å². The molecule has 0 unspecified atom stereocenters. The summed E-state index contributed by atoms with van der Waals surface area (Å²) in [5, 5.41) is 0. The number of hydrogen-bond acceptors (Lipinski definition) is 3. The quantitative estimate of drug-likeness (QED) is 0.553. The molecule has 0 aliphatic carbocycles. The summed E-state index contributed by atoms with van der Waals surface area (Å²) >= 11 is 0. The summed E-state index contributed by atoms with van der Waals surface area (Å²) in [6, 6.07) is 24.5. The van der Waals surface area contributed by atoms with Gasteiger partial charge in [-0.2, -0.15) is 0 Å². The van der Waals surface area contributed by atoms with Gasteiger partial charge in [-0.05, 0) is 47.9 Å². The molecule has 0 N–H and O–H groups in total. The summed E-state index contributed by atoms with van der Waals surface area (Å²) in [7, 11) is 0. The molecule has 0 bridgehead atoms. The van der Waals surface area contributed by atoms with Crippen LogP contribution in [0.15, 0.2) is 78.9 Å². The van der Waals surface area contributed by atoms with Crippen LogP contribution in [0.3, 0.4) is 0 Å². The van der Waals surface area contributed by atoms with E-state index in [-0.39, 0.29) is 18.1 Å². The Kier molecular flexibility index (Phi) is 5.44. The third-order valence-corrected chi connectivity index (χ3v) is 6.40. The van der Waals surface area contributed by atoms with E-state index in [0.29, 0.717) is 13.1 Å². The van der Waals surface area contributed by atoms with Crippen molar-refractivity contribution in [3.63, 3.8) is 0 Å². The summed E-state index contributed by atoms with van der Waals surface area (Å²) in [5.41, 5.74) is 4.18. The van der Waals surface area contributed by atoms with E-state index >= 15 is 0 Å². The first-order chi connectivity index (χ1) is 15.6. The van der Waals surface area contributed by atoms with Gasteiger partial charge in [-0.25, -0.2) is 0 Å². The van der Waals surface area contributed by atoms with Gasteiger partial charge in [0.15, 0.2) is 6.61 Å². The molecule has 5 rings (SSSR count). The number of likely N-dealkylation sites (tertiary alicyclic amines) is 1. The third-order valence-electron chi connectivity index (χ3n) is 6.40. The maximum Gasteiger partial charge on any atom is 0.260 e. The molecule has 0 saturated carbocycles. The molecule has 0 atom stereocenters. The lowest BCUT2D eigenvalue weighted by Crippen LogP contribution is -2.50. The van der Waals surface area contributed by atoms with Crippen molar-refractivity contribution in [3.05, 3.63) is 90.0 Å². The molecule has 4 heteroatoms. The fraction of sp³-hybridized carbons (Fsp3) is 0.250. The summed E-state index contributed by atoms with van der Waals surface area (Å²) < 4.78 is 12.2. The molecule has 0 aromatic heterocycles. The van der Waals surface area contributed by atoms with Crippen LogP contribution in [-0.2, 0) is 4.79 Å². The fourth-order valence-electron chi connectivity index (χ4n) is 4.43. The molecule has 1 spiro atoms. The molecule has 2 heterocycles. The van der Waals surface area contributed by atoms with Gasteiger partial charge in [0.2, 0.25) is 0 Å². The van der Waals surface area contributed by atoms with E-state index in [4.69, 9.17) is 9.47 Å². The highest BCUT2D eigenvalue weighted by molar-refractivity contribution is 5.78. The average Bonchev–Trinajstić information content (AvgIpc) is 2.84. The Hall–Kier alpha value is -3.53. The highest BCUT2D eigenvalue weighted by atomic mass is 16.5. The van der Waals surface area contributed by atoms with Crippen molar-refractivity contribution in [1.29, 1.82) is 0 Å². The Morgan fingerprint density at radius 3 is 2.50 bits per heavy atom. The molecule has 1 fully saturated rings. The predicted octanol–water partition coefficient (Wildman–Crippen LogP) is 5.51. The number of ether oxygens (including phenoxy) is 2. The Balaban J connectivity index is 1.21. The number of aryl methyl sites for hydroxylation is 1. The number of rotatable bonds is 4.